The van der Waals surface area contributed by atoms with E-state index in [9.17, 15) is 5.26 Å². The van der Waals surface area contributed by atoms with Crippen LogP contribution in [0.4, 0.5) is 0 Å². The van der Waals surface area contributed by atoms with Crippen LogP contribution < -0.4 is 0 Å². The lowest BCUT2D eigenvalue weighted by Crippen LogP contribution is -2.29. The van der Waals surface area contributed by atoms with E-state index >= 15 is 0 Å². The molecule has 0 spiro atoms. The van der Waals surface area contributed by atoms with E-state index in [1.165, 1.54) is 31.4 Å². The monoisotopic (exact) mass is 273 g/mol. The molecule has 1 heterocycles. The minimum absolute atomic E-state index is 0.149. The summed E-state index contributed by atoms with van der Waals surface area (Å²) in [6.45, 7) is 7.30. The van der Waals surface area contributed by atoms with Crippen LogP contribution in [-0.4, -0.2) is 9.78 Å². The summed E-state index contributed by atoms with van der Waals surface area (Å²) in [4.78, 5) is 0. The van der Waals surface area contributed by atoms with Crippen molar-refractivity contribution in [3.05, 3.63) is 17.5 Å². The molecule has 0 atom stereocenters. The summed E-state index contributed by atoms with van der Waals surface area (Å²) < 4.78 is 2.06. The Labute approximate surface area is 123 Å². The van der Waals surface area contributed by atoms with Gasteiger partial charge in [0.2, 0.25) is 0 Å². The van der Waals surface area contributed by atoms with Crippen LogP contribution in [0.2, 0.25) is 0 Å². The predicted octanol–water partition coefficient (Wildman–Crippen LogP) is 4.25. The molecule has 3 nitrogen and oxygen atoms in total. The molecule has 1 aliphatic rings. The number of aryl methyl sites for hydroxylation is 2. The maximum Gasteiger partial charge on any atom is 0.0693 e. The summed E-state index contributed by atoms with van der Waals surface area (Å²) in [5, 5.41) is 14.2. The zero-order valence-corrected chi connectivity index (χ0v) is 13.2. The van der Waals surface area contributed by atoms with Crippen LogP contribution >= 0.6 is 0 Å². The quantitative estimate of drug-likeness (QED) is 0.804. The Bertz CT molecular complexity index is 473. The van der Waals surface area contributed by atoms with Crippen molar-refractivity contribution in [2.45, 2.75) is 72.3 Å². The first-order valence-electron chi connectivity index (χ1n) is 8.07. The molecule has 2 rings (SSSR count). The molecule has 1 aliphatic carbocycles. The van der Waals surface area contributed by atoms with Gasteiger partial charge in [0.25, 0.3) is 0 Å². The molecule has 1 aromatic rings. The van der Waals surface area contributed by atoms with Crippen LogP contribution in [0, 0.1) is 29.6 Å². The van der Waals surface area contributed by atoms with Crippen molar-refractivity contribution in [1.82, 2.24) is 9.78 Å². The van der Waals surface area contributed by atoms with E-state index in [1.54, 1.807) is 0 Å². The smallest absolute Gasteiger partial charge is 0.0693 e. The fraction of sp³-hybridized carbons (Fsp3) is 0.765. The van der Waals surface area contributed by atoms with Crippen molar-refractivity contribution in [3.63, 3.8) is 0 Å². The first-order valence-corrected chi connectivity index (χ1v) is 8.07. The molecule has 0 saturated heterocycles. The van der Waals surface area contributed by atoms with Gasteiger partial charge >= 0.3 is 0 Å². The Morgan fingerprint density at radius 3 is 2.65 bits per heavy atom. The van der Waals surface area contributed by atoms with Gasteiger partial charge in [-0.05, 0) is 51.5 Å². The van der Waals surface area contributed by atoms with Crippen molar-refractivity contribution in [2.75, 3.05) is 0 Å². The molecule has 0 radical (unpaired) electrons. The fourth-order valence-electron chi connectivity index (χ4n) is 3.62. The summed E-state index contributed by atoms with van der Waals surface area (Å²) in [6.07, 6.45) is 8.03. The van der Waals surface area contributed by atoms with E-state index in [-0.39, 0.29) is 5.41 Å². The Kier molecular flexibility index (Phi) is 4.86. The number of nitrogens with zero attached hydrogens (tertiary/aromatic N) is 3. The summed E-state index contributed by atoms with van der Waals surface area (Å²) in [6, 6.07) is 4.80. The van der Waals surface area contributed by atoms with Crippen LogP contribution in [0.5, 0.6) is 0 Å². The van der Waals surface area contributed by atoms with Gasteiger partial charge in [-0.25, -0.2) is 0 Å². The van der Waals surface area contributed by atoms with Gasteiger partial charge in [-0.2, -0.15) is 10.4 Å². The van der Waals surface area contributed by atoms with Crippen LogP contribution in [0.15, 0.2) is 6.07 Å². The minimum Gasteiger partial charge on any atom is -0.270 e. The highest BCUT2D eigenvalue weighted by molar-refractivity contribution is 5.15. The molecule has 20 heavy (non-hydrogen) atoms. The molecule has 0 unspecified atom stereocenters. The van der Waals surface area contributed by atoms with Crippen molar-refractivity contribution in [1.29, 1.82) is 5.26 Å². The van der Waals surface area contributed by atoms with E-state index < -0.39 is 0 Å². The Morgan fingerprint density at radius 2 is 2.10 bits per heavy atom. The molecule has 0 aliphatic heterocycles. The van der Waals surface area contributed by atoms with Gasteiger partial charge in [0.05, 0.1) is 17.2 Å². The average Bonchev–Trinajstić information content (AvgIpc) is 2.81. The molecule has 110 valence electrons. The maximum absolute atomic E-state index is 9.71. The van der Waals surface area contributed by atoms with Crippen molar-refractivity contribution in [3.8, 4) is 6.07 Å². The van der Waals surface area contributed by atoms with E-state index in [0.717, 1.165) is 37.4 Å². The lowest BCUT2D eigenvalue weighted by Gasteiger charge is -2.35. The first-order chi connectivity index (χ1) is 9.62. The molecule has 1 saturated carbocycles. The van der Waals surface area contributed by atoms with Crippen molar-refractivity contribution >= 4 is 0 Å². The number of nitriles is 1. The Balaban J connectivity index is 2.08. The summed E-state index contributed by atoms with van der Waals surface area (Å²) in [5.74, 6) is 0.847. The van der Waals surface area contributed by atoms with Crippen molar-refractivity contribution < 1.29 is 0 Å². The predicted molar refractivity (Wildman–Crippen MR) is 81.3 cm³/mol. The average molecular weight is 273 g/mol. The second-order valence-corrected chi connectivity index (χ2v) is 6.39. The Morgan fingerprint density at radius 1 is 1.40 bits per heavy atom. The zero-order chi connectivity index (χ0) is 14.6. The van der Waals surface area contributed by atoms with Crippen LogP contribution in [0.1, 0.15) is 63.8 Å². The highest BCUT2D eigenvalue weighted by atomic mass is 15.3. The molecule has 0 bridgehead atoms. The van der Waals surface area contributed by atoms with E-state index in [0.29, 0.717) is 0 Å². The minimum atomic E-state index is -0.149. The van der Waals surface area contributed by atoms with Crippen LogP contribution in [-0.2, 0) is 13.0 Å². The molecule has 1 fully saturated rings. The summed E-state index contributed by atoms with van der Waals surface area (Å²) in [5.41, 5.74) is 2.15. The van der Waals surface area contributed by atoms with Gasteiger partial charge in [-0.15, -0.1) is 0 Å². The van der Waals surface area contributed by atoms with Gasteiger partial charge in [0.1, 0.15) is 0 Å². The van der Waals surface area contributed by atoms with Gasteiger partial charge < -0.3 is 0 Å². The topological polar surface area (TPSA) is 41.6 Å². The molecule has 0 N–H and O–H groups in total. The third-order valence-corrected chi connectivity index (χ3v) is 4.80. The highest BCUT2D eigenvalue weighted by Crippen LogP contribution is 2.42. The molecule has 3 heteroatoms. The summed E-state index contributed by atoms with van der Waals surface area (Å²) >= 11 is 0. The molecular formula is C17H27N3. The number of aromatic nitrogens is 2. The lowest BCUT2D eigenvalue weighted by atomic mass is 9.68. The molecule has 1 aromatic heterocycles. The highest BCUT2D eigenvalue weighted by Gasteiger charge is 2.36. The number of hydrogen-bond donors (Lipinski definition) is 0. The maximum atomic E-state index is 9.71. The second kappa shape index (κ2) is 6.43. The van der Waals surface area contributed by atoms with Gasteiger partial charge in [0, 0.05) is 18.7 Å². The van der Waals surface area contributed by atoms with Gasteiger partial charge in [0.15, 0.2) is 0 Å². The normalized spacial score (nSPS) is 26.4. The largest absolute Gasteiger partial charge is 0.270 e. The summed E-state index contributed by atoms with van der Waals surface area (Å²) in [7, 11) is 0. The number of rotatable bonds is 5. The van der Waals surface area contributed by atoms with Crippen LogP contribution in [0.25, 0.3) is 0 Å². The lowest BCUT2D eigenvalue weighted by molar-refractivity contribution is 0.197. The third kappa shape index (κ3) is 3.23. The fourth-order valence-corrected chi connectivity index (χ4v) is 3.62. The van der Waals surface area contributed by atoms with Gasteiger partial charge in [-0.3, -0.25) is 4.68 Å². The van der Waals surface area contributed by atoms with E-state index in [4.69, 9.17) is 0 Å². The van der Waals surface area contributed by atoms with Crippen molar-refractivity contribution in [2.24, 2.45) is 11.3 Å². The van der Waals surface area contributed by atoms with Gasteiger partial charge in [-0.1, -0.05) is 19.8 Å². The van der Waals surface area contributed by atoms with E-state index in [1.807, 2.05) is 6.92 Å². The molecule has 0 amide bonds. The van der Waals surface area contributed by atoms with E-state index in [2.05, 4.69) is 35.8 Å². The molecule has 0 aromatic carbocycles. The first kappa shape index (κ1) is 15.1. The second-order valence-electron chi connectivity index (χ2n) is 6.39. The SMILES string of the molecule is CCCC1CCC(C#N)(Cc2cc(C)nn2CC)CC1. The molecular weight excluding hydrogens is 246 g/mol. The van der Waals surface area contributed by atoms with Crippen LogP contribution in [0.3, 0.4) is 0 Å². The number of hydrogen-bond acceptors (Lipinski definition) is 2. The Hall–Kier alpha value is -1.30. The third-order valence-electron chi connectivity index (χ3n) is 4.80. The standard InChI is InChI=1S/C17H27N3/c1-4-6-15-7-9-17(13-18,10-8-15)12-16-11-14(3)19-20(16)5-2/h11,15H,4-10,12H2,1-3H3. The zero-order valence-electron chi connectivity index (χ0n) is 13.2.